The van der Waals surface area contributed by atoms with E-state index in [1.54, 1.807) is 25.1 Å². The van der Waals surface area contributed by atoms with Crippen LogP contribution in [0.5, 0.6) is 5.75 Å². The molecular weight excluding hydrogens is 216 g/mol. The van der Waals surface area contributed by atoms with Crippen molar-refractivity contribution >= 4 is 11.6 Å². The lowest BCUT2D eigenvalue weighted by Crippen LogP contribution is -2.20. The average molecular weight is 234 g/mol. The van der Waals surface area contributed by atoms with Gasteiger partial charge >= 0.3 is 0 Å². The van der Waals surface area contributed by atoms with E-state index in [0.717, 1.165) is 5.56 Å². The molecule has 0 spiro atoms. The fourth-order valence-electron chi connectivity index (χ4n) is 1.36. The molecule has 0 unspecified atom stereocenters. The lowest BCUT2D eigenvalue weighted by Gasteiger charge is -2.05. The highest BCUT2D eigenvalue weighted by Gasteiger charge is 2.04. The molecule has 0 radical (unpaired) electrons. The van der Waals surface area contributed by atoms with Crippen LogP contribution < -0.4 is 5.43 Å². The van der Waals surface area contributed by atoms with Gasteiger partial charge in [-0.2, -0.15) is 5.10 Å². The number of phenols is 1. The summed E-state index contributed by atoms with van der Waals surface area (Å²) in [5.41, 5.74) is 3.95. The zero-order valence-corrected chi connectivity index (χ0v) is 10.4. The molecule has 0 aliphatic heterocycles. The number of hydrogen-bond donors (Lipinski definition) is 2. The standard InChI is InChI=1S/C13H18N2O2/c1-9(2)7-13(17)15-14-10(3)11-5-4-6-12(16)8-11/h4-6,8-9,16H,7H2,1-3H3,(H,15,17). The van der Waals surface area contributed by atoms with Crippen molar-refractivity contribution in [2.24, 2.45) is 11.0 Å². The number of rotatable bonds is 4. The van der Waals surface area contributed by atoms with Gasteiger partial charge in [-0.25, -0.2) is 5.43 Å². The van der Waals surface area contributed by atoms with Gasteiger partial charge in [-0.15, -0.1) is 0 Å². The largest absolute Gasteiger partial charge is 0.508 e. The number of carbonyl (C=O) groups is 1. The smallest absolute Gasteiger partial charge is 0.240 e. The van der Waals surface area contributed by atoms with Crippen molar-refractivity contribution in [1.29, 1.82) is 0 Å². The number of benzene rings is 1. The molecule has 1 aromatic carbocycles. The first-order chi connectivity index (χ1) is 7.99. The molecule has 1 aromatic rings. The minimum absolute atomic E-state index is 0.0977. The highest BCUT2D eigenvalue weighted by atomic mass is 16.3. The predicted octanol–water partition coefficient (Wildman–Crippen LogP) is 2.28. The molecule has 0 saturated carbocycles. The molecule has 1 amide bonds. The second-order valence-electron chi connectivity index (χ2n) is 4.38. The van der Waals surface area contributed by atoms with Crippen molar-refractivity contribution in [1.82, 2.24) is 5.43 Å². The maximum Gasteiger partial charge on any atom is 0.240 e. The summed E-state index contributed by atoms with van der Waals surface area (Å²) in [6.45, 7) is 5.74. The lowest BCUT2D eigenvalue weighted by atomic mass is 10.1. The topological polar surface area (TPSA) is 61.7 Å². The first-order valence-corrected chi connectivity index (χ1v) is 5.61. The van der Waals surface area contributed by atoms with Crippen LogP contribution in [0.4, 0.5) is 0 Å². The van der Waals surface area contributed by atoms with Crippen molar-refractivity contribution in [3.8, 4) is 5.75 Å². The van der Waals surface area contributed by atoms with Gasteiger partial charge in [-0.05, 0) is 25.0 Å². The third kappa shape index (κ3) is 4.68. The van der Waals surface area contributed by atoms with Crippen LogP contribution in [0.2, 0.25) is 0 Å². The number of hydrazone groups is 1. The number of phenolic OH excluding ortho intramolecular Hbond substituents is 1. The summed E-state index contributed by atoms with van der Waals surface area (Å²) >= 11 is 0. The highest BCUT2D eigenvalue weighted by molar-refractivity contribution is 5.99. The summed E-state index contributed by atoms with van der Waals surface area (Å²) in [7, 11) is 0. The van der Waals surface area contributed by atoms with Crippen LogP contribution >= 0.6 is 0 Å². The van der Waals surface area contributed by atoms with Crippen molar-refractivity contribution < 1.29 is 9.90 Å². The molecular formula is C13H18N2O2. The third-order valence-electron chi connectivity index (χ3n) is 2.21. The van der Waals surface area contributed by atoms with Gasteiger partial charge in [0.2, 0.25) is 5.91 Å². The van der Waals surface area contributed by atoms with E-state index in [4.69, 9.17) is 0 Å². The first-order valence-electron chi connectivity index (χ1n) is 5.61. The summed E-state index contributed by atoms with van der Waals surface area (Å²) in [6.07, 6.45) is 0.455. The molecule has 0 aromatic heterocycles. The summed E-state index contributed by atoms with van der Waals surface area (Å²) in [4.78, 5) is 11.4. The molecule has 0 aliphatic rings. The van der Waals surface area contributed by atoms with Crippen molar-refractivity contribution in [3.63, 3.8) is 0 Å². The fourth-order valence-corrected chi connectivity index (χ4v) is 1.36. The van der Waals surface area contributed by atoms with E-state index in [0.29, 0.717) is 18.1 Å². The normalized spacial score (nSPS) is 11.6. The van der Waals surface area contributed by atoms with Crippen LogP contribution in [-0.4, -0.2) is 16.7 Å². The van der Waals surface area contributed by atoms with Gasteiger partial charge < -0.3 is 5.11 Å². The van der Waals surface area contributed by atoms with E-state index in [9.17, 15) is 9.90 Å². The Labute approximate surface area is 101 Å². The summed E-state index contributed by atoms with van der Waals surface area (Å²) in [5.74, 6) is 0.399. The van der Waals surface area contributed by atoms with Crippen LogP contribution in [-0.2, 0) is 4.79 Å². The summed E-state index contributed by atoms with van der Waals surface area (Å²) in [6, 6.07) is 6.76. The van der Waals surface area contributed by atoms with Crippen molar-refractivity contribution in [2.45, 2.75) is 27.2 Å². The van der Waals surface area contributed by atoms with Gasteiger partial charge in [0.05, 0.1) is 5.71 Å². The Morgan fingerprint density at radius 2 is 2.18 bits per heavy atom. The molecule has 2 N–H and O–H groups in total. The molecule has 17 heavy (non-hydrogen) atoms. The van der Waals surface area contributed by atoms with E-state index >= 15 is 0 Å². The number of nitrogens with zero attached hydrogens (tertiary/aromatic N) is 1. The fraction of sp³-hybridized carbons (Fsp3) is 0.385. The number of nitrogens with one attached hydrogen (secondary N) is 1. The van der Waals surface area contributed by atoms with Gasteiger partial charge in [0, 0.05) is 12.0 Å². The van der Waals surface area contributed by atoms with Crippen LogP contribution in [0.3, 0.4) is 0 Å². The highest BCUT2D eigenvalue weighted by Crippen LogP contribution is 2.11. The maximum atomic E-state index is 11.4. The second-order valence-corrected chi connectivity index (χ2v) is 4.38. The van der Waals surface area contributed by atoms with Crippen LogP contribution in [0.25, 0.3) is 0 Å². The van der Waals surface area contributed by atoms with Crippen LogP contribution in [0, 0.1) is 5.92 Å². The van der Waals surface area contributed by atoms with Crippen LogP contribution in [0.15, 0.2) is 29.4 Å². The second kappa shape index (κ2) is 6.03. The zero-order valence-electron chi connectivity index (χ0n) is 10.4. The molecule has 0 atom stereocenters. The van der Waals surface area contributed by atoms with Crippen LogP contribution in [0.1, 0.15) is 32.8 Å². The van der Waals surface area contributed by atoms with E-state index in [2.05, 4.69) is 10.5 Å². The van der Waals surface area contributed by atoms with Gasteiger partial charge in [-0.3, -0.25) is 4.79 Å². The Hall–Kier alpha value is -1.84. The van der Waals surface area contributed by atoms with Gasteiger partial charge in [-0.1, -0.05) is 26.0 Å². The number of aromatic hydroxyl groups is 1. The summed E-state index contributed by atoms with van der Waals surface area (Å²) < 4.78 is 0. The Bertz CT molecular complexity index is 425. The van der Waals surface area contributed by atoms with Crippen molar-refractivity contribution in [2.75, 3.05) is 0 Å². The van der Waals surface area contributed by atoms with E-state index in [-0.39, 0.29) is 11.7 Å². The van der Waals surface area contributed by atoms with Crippen molar-refractivity contribution in [3.05, 3.63) is 29.8 Å². The zero-order chi connectivity index (χ0) is 12.8. The number of amides is 1. The Morgan fingerprint density at radius 1 is 1.47 bits per heavy atom. The van der Waals surface area contributed by atoms with E-state index < -0.39 is 0 Å². The quantitative estimate of drug-likeness (QED) is 0.620. The Kier molecular flexibility index (Phi) is 4.69. The molecule has 4 heteroatoms. The Morgan fingerprint density at radius 3 is 2.76 bits per heavy atom. The molecule has 0 fully saturated rings. The van der Waals surface area contributed by atoms with Gasteiger partial charge in [0.1, 0.15) is 5.75 Å². The molecule has 0 aliphatic carbocycles. The Balaban J connectivity index is 2.64. The van der Waals surface area contributed by atoms with Gasteiger partial charge in [0.25, 0.3) is 0 Å². The molecule has 1 rings (SSSR count). The SMILES string of the molecule is CC(=NNC(=O)CC(C)C)c1cccc(O)c1. The number of carbonyl (C=O) groups excluding carboxylic acids is 1. The van der Waals surface area contributed by atoms with E-state index in [1.165, 1.54) is 0 Å². The third-order valence-corrected chi connectivity index (χ3v) is 2.21. The van der Waals surface area contributed by atoms with E-state index in [1.807, 2.05) is 19.9 Å². The maximum absolute atomic E-state index is 11.4. The lowest BCUT2D eigenvalue weighted by molar-refractivity contribution is -0.121. The first kappa shape index (κ1) is 13.2. The predicted molar refractivity (Wildman–Crippen MR) is 67.9 cm³/mol. The average Bonchev–Trinajstić information content (AvgIpc) is 2.25. The molecule has 0 bridgehead atoms. The van der Waals surface area contributed by atoms with Gasteiger partial charge in [0.15, 0.2) is 0 Å². The molecule has 92 valence electrons. The number of hydrogen-bond acceptors (Lipinski definition) is 3. The minimum Gasteiger partial charge on any atom is -0.508 e. The molecule has 0 heterocycles. The minimum atomic E-state index is -0.0977. The molecule has 0 saturated heterocycles. The summed E-state index contributed by atoms with van der Waals surface area (Å²) in [5, 5.41) is 13.3. The molecule has 4 nitrogen and oxygen atoms in total. The monoisotopic (exact) mass is 234 g/mol.